The minimum Gasteiger partial charge on any atom is -0.462 e. The van der Waals surface area contributed by atoms with Crippen LogP contribution < -0.4 is 4.90 Å². The first-order chi connectivity index (χ1) is 8.72. The molecule has 0 amide bonds. The van der Waals surface area contributed by atoms with Crippen LogP contribution in [-0.2, 0) is 4.74 Å². The zero-order valence-electron chi connectivity index (χ0n) is 11.1. The number of aliphatic hydroxyl groups excluding tert-OH is 1. The molecule has 1 aromatic rings. The first-order valence-corrected chi connectivity index (χ1v) is 6.35. The minimum atomic E-state index is -0.294. The standard InChI is InChI=1S/C14H21NO3/c1-3-15(9-6-10-16)13-8-5-7-12(11-13)14(17)18-4-2/h5,7-8,11,16H,3-4,6,9-10H2,1-2H3. The molecule has 0 atom stereocenters. The van der Waals surface area contributed by atoms with Crippen LogP contribution in [0.4, 0.5) is 5.69 Å². The van der Waals surface area contributed by atoms with E-state index in [-0.39, 0.29) is 12.6 Å². The summed E-state index contributed by atoms with van der Waals surface area (Å²) >= 11 is 0. The predicted octanol–water partition coefficient (Wildman–Crippen LogP) is 2.07. The molecule has 0 bridgehead atoms. The molecule has 0 heterocycles. The Morgan fingerprint density at radius 1 is 1.39 bits per heavy atom. The molecule has 4 nitrogen and oxygen atoms in total. The number of carbonyl (C=O) groups is 1. The van der Waals surface area contributed by atoms with Gasteiger partial charge in [0.2, 0.25) is 0 Å². The molecule has 100 valence electrons. The largest absolute Gasteiger partial charge is 0.462 e. The van der Waals surface area contributed by atoms with Crippen LogP contribution in [0.5, 0.6) is 0 Å². The normalized spacial score (nSPS) is 10.2. The van der Waals surface area contributed by atoms with E-state index in [1.807, 2.05) is 18.2 Å². The maximum atomic E-state index is 11.6. The third kappa shape index (κ3) is 4.04. The Balaban J connectivity index is 2.82. The number of esters is 1. The van der Waals surface area contributed by atoms with Gasteiger partial charge in [-0.15, -0.1) is 0 Å². The fraction of sp³-hybridized carbons (Fsp3) is 0.500. The van der Waals surface area contributed by atoms with Crippen LogP contribution in [0.1, 0.15) is 30.6 Å². The number of ether oxygens (including phenoxy) is 1. The number of carbonyl (C=O) groups excluding carboxylic acids is 1. The molecular formula is C14H21NO3. The summed E-state index contributed by atoms with van der Waals surface area (Å²) in [5.74, 6) is -0.294. The van der Waals surface area contributed by atoms with Crippen LogP contribution in [0.2, 0.25) is 0 Å². The molecule has 0 unspecified atom stereocenters. The third-order valence-corrected chi connectivity index (χ3v) is 2.69. The van der Waals surface area contributed by atoms with Crippen LogP contribution >= 0.6 is 0 Å². The molecule has 4 heteroatoms. The Morgan fingerprint density at radius 3 is 2.78 bits per heavy atom. The van der Waals surface area contributed by atoms with E-state index in [0.29, 0.717) is 12.2 Å². The molecule has 0 fully saturated rings. The summed E-state index contributed by atoms with van der Waals surface area (Å²) < 4.78 is 4.98. The quantitative estimate of drug-likeness (QED) is 0.754. The van der Waals surface area contributed by atoms with Crippen molar-refractivity contribution in [1.82, 2.24) is 0 Å². The van der Waals surface area contributed by atoms with Crippen molar-refractivity contribution < 1.29 is 14.6 Å². The van der Waals surface area contributed by atoms with Gasteiger partial charge in [-0.1, -0.05) is 6.07 Å². The van der Waals surface area contributed by atoms with Gasteiger partial charge < -0.3 is 14.7 Å². The van der Waals surface area contributed by atoms with Gasteiger partial charge in [0.1, 0.15) is 0 Å². The molecule has 1 N–H and O–H groups in total. The number of aliphatic hydroxyl groups is 1. The predicted molar refractivity (Wildman–Crippen MR) is 72.0 cm³/mol. The smallest absolute Gasteiger partial charge is 0.338 e. The van der Waals surface area contributed by atoms with E-state index in [4.69, 9.17) is 9.84 Å². The van der Waals surface area contributed by atoms with Crippen molar-refractivity contribution in [1.29, 1.82) is 0 Å². The van der Waals surface area contributed by atoms with Crippen LogP contribution in [0.15, 0.2) is 24.3 Å². The van der Waals surface area contributed by atoms with E-state index in [1.54, 1.807) is 13.0 Å². The van der Waals surface area contributed by atoms with Crippen LogP contribution in [-0.4, -0.2) is 37.4 Å². The molecule has 0 radical (unpaired) electrons. The van der Waals surface area contributed by atoms with Gasteiger partial charge in [0.05, 0.1) is 12.2 Å². The Labute approximate surface area is 108 Å². The zero-order valence-corrected chi connectivity index (χ0v) is 11.1. The first-order valence-electron chi connectivity index (χ1n) is 6.35. The van der Waals surface area contributed by atoms with Crippen molar-refractivity contribution >= 4 is 11.7 Å². The summed E-state index contributed by atoms with van der Waals surface area (Å²) in [5, 5.41) is 8.87. The second-order valence-electron chi connectivity index (χ2n) is 3.93. The highest BCUT2D eigenvalue weighted by atomic mass is 16.5. The maximum absolute atomic E-state index is 11.6. The van der Waals surface area contributed by atoms with Crippen molar-refractivity contribution in [3.8, 4) is 0 Å². The number of nitrogens with zero attached hydrogens (tertiary/aromatic N) is 1. The second-order valence-corrected chi connectivity index (χ2v) is 3.93. The molecule has 0 aliphatic heterocycles. The lowest BCUT2D eigenvalue weighted by Crippen LogP contribution is -2.24. The molecule has 0 spiro atoms. The summed E-state index contributed by atoms with van der Waals surface area (Å²) in [7, 11) is 0. The highest BCUT2D eigenvalue weighted by Gasteiger charge is 2.09. The number of hydrogen-bond acceptors (Lipinski definition) is 4. The lowest BCUT2D eigenvalue weighted by Gasteiger charge is -2.23. The molecule has 1 aromatic carbocycles. The molecule has 0 aliphatic carbocycles. The van der Waals surface area contributed by atoms with E-state index in [9.17, 15) is 4.79 Å². The summed E-state index contributed by atoms with van der Waals surface area (Å²) in [5.41, 5.74) is 1.55. The number of rotatable bonds is 7. The minimum absolute atomic E-state index is 0.175. The van der Waals surface area contributed by atoms with Gasteiger partial charge in [-0.25, -0.2) is 4.79 Å². The van der Waals surface area contributed by atoms with Crippen molar-refractivity contribution in [2.45, 2.75) is 20.3 Å². The highest BCUT2D eigenvalue weighted by molar-refractivity contribution is 5.90. The van der Waals surface area contributed by atoms with Gasteiger partial charge in [0, 0.05) is 25.4 Å². The Morgan fingerprint density at radius 2 is 2.17 bits per heavy atom. The van der Waals surface area contributed by atoms with E-state index in [0.717, 1.165) is 25.2 Å². The average molecular weight is 251 g/mol. The summed E-state index contributed by atoms with van der Waals surface area (Å²) in [6.07, 6.45) is 0.720. The lowest BCUT2D eigenvalue weighted by molar-refractivity contribution is 0.0526. The number of anilines is 1. The summed E-state index contributed by atoms with van der Waals surface area (Å²) in [6, 6.07) is 7.40. The van der Waals surface area contributed by atoms with Crippen molar-refractivity contribution in [3.63, 3.8) is 0 Å². The van der Waals surface area contributed by atoms with E-state index >= 15 is 0 Å². The maximum Gasteiger partial charge on any atom is 0.338 e. The van der Waals surface area contributed by atoms with Gasteiger partial charge in [0.25, 0.3) is 0 Å². The van der Waals surface area contributed by atoms with Crippen LogP contribution in [0.3, 0.4) is 0 Å². The topological polar surface area (TPSA) is 49.8 Å². The second kappa shape index (κ2) is 7.71. The monoisotopic (exact) mass is 251 g/mol. The molecular weight excluding hydrogens is 230 g/mol. The van der Waals surface area contributed by atoms with Crippen molar-refractivity contribution in [2.75, 3.05) is 31.2 Å². The summed E-state index contributed by atoms with van der Waals surface area (Å²) in [6.45, 7) is 6.01. The van der Waals surface area contributed by atoms with Crippen LogP contribution in [0, 0.1) is 0 Å². The first kappa shape index (κ1) is 14.5. The Hall–Kier alpha value is -1.55. The van der Waals surface area contributed by atoms with Crippen molar-refractivity contribution in [2.24, 2.45) is 0 Å². The van der Waals surface area contributed by atoms with Crippen LogP contribution in [0.25, 0.3) is 0 Å². The summed E-state index contributed by atoms with van der Waals surface area (Å²) in [4.78, 5) is 13.8. The Kier molecular flexibility index (Phi) is 6.22. The van der Waals surface area contributed by atoms with E-state index in [2.05, 4.69) is 11.8 Å². The van der Waals surface area contributed by atoms with Gasteiger partial charge >= 0.3 is 5.97 Å². The SMILES string of the molecule is CCOC(=O)c1cccc(N(CC)CCCO)c1. The van der Waals surface area contributed by atoms with Gasteiger partial charge in [-0.2, -0.15) is 0 Å². The molecule has 18 heavy (non-hydrogen) atoms. The molecule has 0 aliphatic rings. The third-order valence-electron chi connectivity index (χ3n) is 2.69. The Bertz CT molecular complexity index is 379. The molecule has 0 saturated heterocycles. The van der Waals surface area contributed by atoms with Gasteiger partial charge in [-0.3, -0.25) is 0 Å². The molecule has 0 saturated carbocycles. The molecule has 0 aromatic heterocycles. The lowest BCUT2D eigenvalue weighted by atomic mass is 10.2. The van der Waals surface area contributed by atoms with Gasteiger partial charge in [0.15, 0.2) is 0 Å². The highest BCUT2D eigenvalue weighted by Crippen LogP contribution is 2.17. The number of benzene rings is 1. The molecule has 1 rings (SSSR count). The fourth-order valence-electron chi connectivity index (χ4n) is 1.78. The van der Waals surface area contributed by atoms with E-state index in [1.165, 1.54) is 0 Å². The van der Waals surface area contributed by atoms with Gasteiger partial charge in [-0.05, 0) is 38.5 Å². The zero-order chi connectivity index (χ0) is 13.4. The van der Waals surface area contributed by atoms with E-state index < -0.39 is 0 Å². The average Bonchev–Trinajstić information content (AvgIpc) is 2.40. The fourth-order valence-corrected chi connectivity index (χ4v) is 1.78. The number of hydrogen-bond donors (Lipinski definition) is 1. The van der Waals surface area contributed by atoms with Crippen molar-refractivity contribution in [3.05, 3.63) is 29.8 Å².